The maximum Gasteiger partial charge on any atom is 0.261 e. The van der Waals surface area contributed by atoms with E-state index >= 15 is 0 Å². The second-order valence-corrected chi connectivity index (χ2v) is 4.22. The Kier molecular flexibility index (Phi) is 5.75. The molecule has 0 atom stereocenters. The number of nitrogens with one attached hydrogen (secondary N) is 2. The van der Waals surface area contributed by atoms with Gasteiger partial charge < -0.3 is 10.6 Å². The molecule has 1 aromatic rings. The number of hydrogen-bond donors (Lipinski definition) is 2. The normalized spacial score (nSPS) is 9.35. The summed E-state index contributed by atoms with van der Waals surface area (Å²) >= 11 is 1.39. The van der Waals surface area contributed by atoms with Crippen molar-refractivity contribution in [2.24, 2.45) is 0 Å². The first-order valence-electron chi connectivity index (χ1n) is 5.19. The standard InChI is InChI=1S/C11H13N3O2S/c12-5-4-10(15)13-6-2-7-14-11(16)9-3-1-8-17-9/h1,3,8H,2,4,6-7H2,(H,13,15)(H,14,16). The van der Waals surface area contributed by atoms with Crippen LogP contribution in [0, 0.1) is 11.3 Å². The van der Waals surface area contributed by atoms with E-state index in [0.717, 1.165) is 0 Å². The second-order valence-electron chi connectivity index (χ2n) is 3.27. The second kappa shape index (κ2) is 7.41. The van der Waals surface area contributed by atoms with Crippen LogP contribution in [0.5, 0.6) is 0 Å². The van der Waals surface area contributed by atoms with Crippen molar-refractivity contribution in [3.8, 4) is 6.07 Å². The first kappa shape index (κ1) is 13.2. The zero-order valence-corrected chi connectivity index (χ0v) is 10.0. The van der Waals surface area contributed by atoms with Gasteiger partial charge in [-0.25, -0.2) is 0 Å². The van der Waals surface area contributed by atoms with Gasteiger partial charge >= 0.3 is 0 Å². The van der Waals surface area contributed by atoms with Gasteiger partial charge in [0.25, 0.3) is 5.91 Å². The molecular weight excluding hydrogens is 238 g/mol. The number of nitrogens with zero attached hydrogens (tertiary/aromatic N) is 1. The largest absolute Gasteiger partial charge is 0.355 e. The molecule has 0 aliphatic heterocycles. The summed E-state index contributed by atoms with van der Waals surface area (Å²) in [7, 11) is 0. The molecule has 0 fully saturated rings. The molecule has 6 heteroatoms. The van der Waals surface area contributed by atoms with Gasteiger partial charge in [0.05, 0.1) is 10.9 Å². The number of rotatable bonds is 6. The van der Waals surface area contributed by atoms with Crippen LogP contribution in [0.1, 0.15) is 22.5 Å². The Labute approximate surface area is 103 Å². The number of hydrogen-bond acceptors (Lipinski definition) is 4. The predicted molar refractivity (Wildman–Crippen MR) is 64.5 cm³/mol. The van der Waals surface area contributed by atoms with Gasteiger partial charge in [-0.2, -0.15) is 5.26 Å². The lowest BCUT2D eigenvalue weighted by molar-refractivity contribution is -0.120. The topological polar surface area (TPSA) is 82.0 Å². The van der Waals surface area contributed by atoms with E-state index in [1.165, 1.54) is 11.3 Å². The Hall–Kier alpha value is -1.87. The van der Waals surface area contributed by atoms with E-state index < -0.39 is 0 Å². The summed E-state index contributed by atoms with van der Waals surface area (Å²) in [5.74, 6) is -0.375. The molecule has 0 unspecified atom stereocenters. The molecule has 0 aromatic carbocycles. The zero-order chi connectivity index (χ0) is 12.5. The third-order valence-corrected chi connectivity index (χ3v) is 2.81. The fraction of sp³-hybridized carbons (Fsp3) is 0.364. The smallest absolute Gasteiger partial charge is 0.261 e. The molecule has 0 radical (unpaired) electrons. The van der Waals surface area contributed by atoms with Crippen molar-refractivity contribution in [3.05, 3.63) is 22.4 Å². The van der Waals surface area contributed by atoms with E-state index in [1.54, 1.807) is 12.1 Å². The summed E-state index contributed by atoms with van der Waals surface area (Å²) < 4.78 is 0. The lowest BCUT2D eigenvalue weighted by Crippen LogP contribution is -2.29. The summed E-state index contributed by atoms with van der Waals surface area (Å²) in [5, 5.41) is 15.4. The average molecular weight is 251 g/mol. The summed E-state index contributed by atoms with van der Waals surface area (Å²) in [6.07, 6.45) is 0.524. The lowest BCUT2D eigenvalue weighted by Gasteiger charge is -2.04. The van der Waals surface area contributed by atoms with E-state index in [-0.39, 0.29) is 18.2 Å². The predicted octanol–water partition coefficient (Wildman–Crippen LogP) is 0.898. The van der Waals surface area contributed by atoms with Crippen molar-refractivity contribution in [3.63, 3.8) is 0 Å². The van der Waals surface area contributed by atoms with E-state index in [1.807, 2.05) is 11.4 Å². The van der Waals surface area contributed by atoms with Crippen LogP contribution in [-0.2, 0) is 4.79 Å². The molecule has 2 amide bonds. The Bertz CT molecular complexity index is 409. The highest BCUT2D eigenvalue weighted by atomic mass is 32.1. The van der Waals surface area contributed by atoms with Crippen LogP contribution < -0.4 is 10.6 Å². The fourth-order valence-corrected chi connectivity index (χ4v) is 1.79. The first-order chi connectivity index (χ1) is 8.24. The van der Waals surface area contributed by atoms with Gasteiger partial charge in [0.1, 0.15) is 6.42 Å². The molecule has 17 heavy (non-hydrogen) atoms. The molecule has 1 rings (SSSR count). The number of nitriles is 1. The van der Waals surface area contributed by atoms with Crippen LogP contribution >= 0.6 is 11.3 Å². The molecule has 0 bridgehead atoms. The lowest BCUT2D eigenvalue weighted by atomic mass is 10.3. The van der Waals surface area contributed by atoms with Crippen LogP contribution in [0.4, 0.5) is 0 Å². The molecule has 90 valence electrons. The van der Waals surface area contributed by atoms with Crippen molar-refractivity contribution >= 4 is 23.2 Å². The van der Waals surface area contributed by atoms with E-state index in [4.69, 9.17) is 5.26 Å². The summed E-state index contributed by atoms with van der Waals surface area (Å²) in [6.45, 7) is 0.967. The maximum absolute atomic E-state index is 11.5. The van der Waals surface area contributed by atoms with Crippen LogP contribution in [-0.4, -0.2) is 24.9 Å². The average Bonchev–Trinajstić information content (AvgIpc) is 2.82. The van der Waals surface area contributed by atoms with Gasteiger partial charge in [-0.1, -0.05) is 6.07 Å². The number of amides is 2. The van der Waals surface area contributed by atoms with Gasteiger partial charge in [0.2, 0.25) is 5.91 Å². The quantitative estimate of drug-likeness (QED) is 0.737. The van der Waals surface area contributed by atoms with Gasteiger partial charge in [-0.3, -0.25) is 9.59 Å². The third-order valence-electron chi connectivity index (χ3n) is 1.95. The van der Waals surface area contributed by atoms with Gasteiger partial charge in [-0.05, 0) is 17.9 Å². The van der Waals surface area contributed by atoms with E-state index in [2.05, 4.69) is 10.6 Å². The molecule has 1 heterocycles. The minimum atomic E-state index is -0.280. The van der Waals surface area contributed by atoms with Crippen molar-refractivity contribution < 1.29 is 9.59 Å². The summed E-state index contributed by atoms with van der Waals surface area (Å²) in [5.41, 5.74) is 0. The van der Waals surface area contributed by atoms with Gasteiger partial charge in [0, 0.05) is 13.1 Å². The van der Waals surface area contributed by atoms with Crippen molar-refractivity contribution in [2.75, 3.05) is 13.1 Å². The van der Waals surface area contributed by atoms with Crippen LogP contribution in [0.15, 0.2) is 17.5 Å². The minimum absolute atomic E-state index is 0.0941. The molecule has 0 saturated heterocycles. The molecule has 5 nitrogen and oxygen atoms in total. The SMILES string of the molecule is N#CCC(=O)NCCCNC(=O)c1cccs1. The summed E-state index contributed by atoms with van der Waals surface area (Å²) in [4.78, 5) is 23.1. The molecule has 1 aromatic heterocycles. The molecule has 0 saturated carbocycles. The first-order valence-corrected chi connectivity index (χ1v) is 6.07. The molecule has 0 aliphatic rings. The van der Waals surface area contributed by atoms with E-state index in [0.29, 0.717) is 24.4 Å². The van der Waals surface area contributed by atoms with Gasteiger partial charge in [-0.15, -0.1) is 11.3 Å². The monoisotopic (exact) mass is 251 g/mol. The van der Waals surface area contributed by atoms with Gasteiger partial charge in [0.15, 0.2) is 0 Å². The Morgan fingerprint density at radius 3 is 2.76 bits per heavy atom. The Balaban J connectivity index is 2.07. The molecule has 2 N–H and O–H groups in total. The Morgan fingerprint density at radius 1 is 1.35 bits per heavy atom. The minimum Gasteiger partial charge on any atom is -0.355 e. The van der Waals surface area contributed by atoms with Crippen molar-refractivity contribution in [1.82, 2.24) is 10.6 Å². The van der Waals surface area contributed by atoms with E-state index in [9.17, 15) is 9.59 Å². The molecule has 0 aliphatic carbocycles. The zero-order valence-electron chi connectivity index (χ0n) is 9.23. The molecular formula is C11H13N3O2S. The van der Waals surface area contributed by atoms with Crippen molar-refractivity contribution in [1.29, 1.82) is 5.26 Å². The Morgan fingerprint density at radius 2 is 2.12 bits per heavy atom. The van der Waals surface area contributed by atoms with Crippen molar-refractivity contribution in [2.45, 2.75) is 12.8 Å². The highest BCUT2D eigenvalue weighted by molar-refractivity contribution is 7.12. The molecule has 0 spiro atoms. The van der Waals surface area contributed by atoms with Crippen LogP contribution in [0.25, 0.3) is 0 Å². The number of carbonyl (C=O) groups excluding carboxylic acids is 2. The highest BCUT2D eigenvalue weighted by Gasteiger charge is 2.04. The third kappa shape index (κ3) is 5.13. The highest BCUT2D eigenvalue weighted by Crippen LogP contribution is 2.07. The number of thiophene rings is 1. The summed E-state index contributed by atoms with van der Waals surface area (Å²) in [6, 6.07) is 5.34. The fourth-order valence-electron chi connectivity index (χ4n) is 1.15. The van der Waals surface area contributed by atoms with Crippen LogP contribution in [0.2, 0.25) is 0 Å². The van der Waals surface area contributed by atoms with Crippen LogP contribution in [0.3, 0.4) is 0 Å². The maximum atomic E-state index is 11.5. The number of carbonyl (C=O) groups is 2.